The lowest BCUT2D eigenvalue weighted by Crippen LogP contribution is -2.37. The molecule has 0 radical (unpaired) electrons. The van der Waals surface area contributed by atoms with Gasteiger partial charge in [0, 0.05) is 25.3 Å². The zero-order valence-electron chi connectivity index (χ0n) is 10.4. The number of piperidine rings is 1. The fourth-order valence-corrected chi connectivity index (χ4v) is 2.53. The van der Waals surface area contributed by atoms with Gasteiger partial charge in [-0.05, 0) is 45.0 Å². The fourth-order valence-electron chi connectivity index (χ4n) is 2.53. The molecule has 1 aromatic carbocycles. The van der Waals surface area contributed by atoms with Crippen LogP contribution in [0.2, 0.25) is 0 Å². The molecule has 0 saturated carbocycles. The maximum atomic E-state index is 2.51. The number of anilines is 1. The Balaban J connectivity index is 1.86. The number of hydrogen-bond acceptors (Lipinski definition) is 2. The lowest BCUT2D eigenvalue weighted by atomic mass is 9.96. The van der Waals surface area contributed by atoms with E-state index in [-0.39, 0.29) is 0 Å². The van der Waals surface area contributed by atoms with Gasteiger partial charge in [-0.25, -0.2) is 0 Å². The Morgan fingerprint density at radius 1 is 1.12 bits per heavy atom. The van der Waals surface area contributed by atoms with Crippen LogP contribution in [-0.4, -0.2) is 38.6 Å². The number of benzene rings is 1. The van der Waals surface area contributed by atoms with Gasteiger partial charge in [0.1, 0.15) is 0 Å². The van der Waals surface area contributed by atoms with Crippen LogP contribution in [0.4, 0.5) is 5.69 Å². The SMILES string of the molecule is CN(C)CC1CCN(c2ccccc2)CC1. The summed E-state index contributed by atoms with van der Waals surface area (Å²) in [5, 5.41) is 0. The van der Waals surface area contributed by atoms with Crippen LogP contribution in [0.1, 0.15) is 12.8 Å². The Hall–Kier alpha value is -1.02. The number of rotatable bonds is 3. The highest BCUT2D eigenvalue weighted by Crippen LogP contribution is 2.23. The maximum absolute atomic E-state index is 2.51. The van der Waals surface area contributed by atoms with Gasteiger partial charge in [0.05, 0.1) is 0 Å². The Labute approximate surface area is 98.9 Å². The van der Waals surface area contributed by atoms with Crippen molar-refractivity contribution >= 4 is 5.69 Å². The Bertz CT molecular complexity index is 300. The number of hydrogen-bond donors (Lipinski definition) is 0. The van der Waals surface area contributed by atoms with E-state index in [1.54, 1.807) is 0 Å². The van der Waals surface area contributed by atoms with E-state index in [0.717, 1.165) is 5.92 Å². The lowest BCUT2D eigenvalue weighted by Gasteiger charge is -2.34. The Morgan fingerprint density at radius 2 is 1.75 bits per heavy atom. The highest BCUT2D eigenvalue weighted by atomic mass is 15.1. The predicted octanol–water partition coefficient (Wildman–Crippen LogP) is 2.46. The molecule has 1 aliphatic rings. The van der Waals surface area contributed by atoms with Crippen LogP contribution in [-0.2, 0) is 0 Å². The Kier molecular flexibility index (Phi) is 3.83. The van der Waals surface area contributed by atoms with Gasteiger partial charge in [0.15, 0.2) is 0 Å². The summed E-state index contributed by atoms with van der Waals surface area (Å²) >= 11 is 0. The first-order valence-corrected chi connectivity index (χ1v) is 6.20. The Morgan fingerprint density at radius 3 is 2.31 bits per heavy atom. The first-order chi connectivity index (χ1) is 7.75. The third kappa shape index (κ3) is 2.99. The summed E-state index contributed by atoms with van der Waals surface area (Å²) in [4.78, 5) is 4.81. The second-order valence-electron chi connectivity index (χ2n) is 5.03. The molecule has 0 unspecified atom stereocenters. The number of nitrogens with zero attached hydrogens (tertiary/aromatic N) is 2. The van der Waals surface area contributed by atoms with Crippen molar-refractivity contribution in [3.8, 4) is 0 Å². The molecular weight excluding hydrogens is 196 g/mol. The summed E-state index contributed by atoms with van der Waals surface area (Å²) in [6.45, 7) is 3.66. The summed E-state index contributed by atoms with van der Waals surface area (Å²) in [7, 11) is 4.34. The summed E-state index contributed by atoms with van der Waals surface area (Å²) in [6, 6.07) is 10.8. The predicted molar refractivity (Wildman–Crippen MR) is 69.9 cm³/mol. The van der Waals surface area contributed by atoms with Crippen molar-refractivity contribution in [2.45, 2.75) is 12.8 Å². The maximum Gasteiger partial charge on any atom is 0.0366 e. The highest BCUT2D eigenvalue weighted by molar-refractivity contribution is 5.46. The van der Waals surface area contributed by atoms with E-state index in [0.29, 0.717) is 0 Å². The molecule has 0 N–H and O–H groups in total. The topological polar surface area (TPSA) is 6.48 Å². The molecule has 1 aromatic rings. The molecule has 0 spiro atoms. The van der Waals surface area contributed by atoms with E-state index in [2.05, 4.69) is 54.2 Å². The minimum absolute atomic E-state index is 0.884. The quantitative estimate of drug-likeness (QED) is 0.769. The lowest BCUT2D eigenvalue weighted by molar-refractivity contribution is 0.285. The van der Waals surface area contributed by atoms with Gasteiger partial charge in [-0.3, -0.25) is 0 Å². The molecule has 1 saturated heterocycles. The van der Waals surface area contributed by atoms with Crippen LogP contribution in [0.25, 0.3) is 0 Å². The van der Waals surface area contributed by atoms with Crippen molar-refractivity contribution < 1.29 is 0 Å². The summed E-state index contributed by atoms with van der Waals surface area (Å²) in [6.07, 6.45) is 2.65. The fraction of sp³-hybridized carbons (Fsp3) is 0.571. The number of para-hydroxylation sites is 1. The van der Waals surface area contributed by atoms with Crippen LogP contribution in [0, 0.1) is 5.92 Å². The van der Waals surface area contributed by atoms with Crippen LogP contribution >= 0.6 is 0 Å². The smallest absolute Gasteiger partial charge is 0.0366 e. The normalized spacial score (nSPS) is 18.1. The molecule has 2 heteroatoms. The van der Waals surface area contributed by atoms with E-state index in [1.165, 1.54) is 38.2 Å². The molecule has 1 fully saturated rings. The summed E-state index contributed by atoms with van der Waals surface area (Å²) < 4.78 is 0. The molecule has 0 aromatic heterocycles. The average molecular weight is 218 g/mol. The van der Waals surface area contributed by atoms with Crippen LogP contribution in [0.15, 0.2) is 30.3 Å². The van der Waals surface area contributed by atoms with Crippen molar-refractivity contribution in [2.75, 3.05) is 38.6 Å². The second-order valence-corrected chi connectivity index (χ2v) is 5.03. The molecule has 0 aliphatic carbocycles. The second kappa shape index (κ2) is 5.35. The van der Waals surface area contributed by atoms with E-state index in [1.807, 2.05) is 0 Å². The minimum Gasteiger partial charge on any atom is -0.372 e. The minimum atomic E-state index is 0.884. The van der Waals surface area contributed by atoms with Crippen molar-refractivity contribution in [3.63, 3.8) is 0 Å². The molecule has 1 heterocycles. The van der Waals surface area contributed by atoms with Gasteiger partial charge in [0.25, 0.3) is 0 Å². The summed E-state index contributed by atoms with van der Waals surface area (Å²) in [5.74, 6) is 0.884. The standard InChI is InChI=1S/C14H22N2/c1-15(2)12-13-8-10-16(11-9-13)14-6-4-3-5-7-14/h3-7,13H,8-12H2,1-2H3. The van der Waals surface area contributed by atoms with E-state index >= 15 is 0 Å². The molecule has 2 nitrogen and oxygen atoms in total. The third-order valence-corrected chi connectivity index (χ3v) is 3.36. The van der Waals surface area contributed by atoms with Gasteiger partial charge >= 0.3 is 0 Å². The van der Waals surface area contributed by atoms with Gasteiger partial charge in [0.2, 0.25) is 0 Å². The van der Waals surface area contributed by atoms with Crippen LogP contribution in [0.3, 0.4) is 0 Å². The average Bonchev–Trinajstić information content (AvgIpc) is 2.30. The molecule has 0 bridgehead atoms. The van der Waals surface area contributed by atoms with Crippen LogP contribution < -0.4 is 4.90 Å². The molecule has 1 aliphatic heterocycles. The highest BCUT2D eigenvalue weighted by Gasteiger charge is 2.19. The molecule has 16 heavy (non-hydrogen) atoms. The van der Waals surface area contributed by atoms with Crippen molar-refractivity contribution in [1.29, 1.82) is 0 Å². The van der Waals surface area contributed by atoms with E-state index in [9.17, 15) is 0 Å². The van der Waals surface area contributed by atoms with Gasteiger partial charge in [-0.2, -0.15) is 0 Å². The molecule has 0 atom stereocenters. The van der Waals surface area contributed by atoms with Crippen LogP contribution in [0.5, 0.6) is 0 Å². The largest absolute Gasteiger partial charge is 0.372 e. The van der Waals surface area contributed by atoms with Gasteiger partial charge < -0.3 is 9.80 Å². The van der Waals surface area contributed by atoms with Gasteiger partial charge in [-0.15, -0.1) is 0 Å². The molecule has 88 valence electrons. The van der Waals surface area contributed by atoms with E-state index < -0.39 is 0 Å². The van der Waals surface area contributed by atoms with Crippen molar-refractivity contribution in [3.05, 3.63) is 30.3 Å². The summed E-state index contributed by atoms with van der Waals surface area (Å²) in [5.41, 5.74) is 1.38. The van der Waals surface area contributed by atoms with Gasteiger partial charge in [-0.1, -0.05) is 18.2 Å². The third-order valence-electron chi connectivity index (χ3n) is 3.36. The van der Waals surface area contributed by atoms with Crippen molar-refractivity contribution in [1.82, 2.24) is 4.90 Å². The molecular formula is C14H22N2. The molecule has 0 amide bonds. The zero-order valence-corrected chi connectivity index (χ0v) is 10.4. The monoisotopic (exact) mass is 218 g/mol. The van der Waals surface area contributed by atoms with E-state index in [4.69, 9.17) is 0 Å². The first kappa shape index (κ1) is 11.5. The zero-order chi connectivity index (χ0) is 11.4. The van der Waals surface area contributed by atoms with Crippen molar-refractivity contribution in [2.24, 2.45) is 5.92 Å². The first-order valence-electron chi connectivity index (χ1n) is 6.20. The molecule has 2 rings (SSSR count).